The largest absolute Gasteiger partial charge is 0.389 e. The van der Waals surface area contributed by atoms with Crippen molar-refractivity contribution in [1.82, 2.24) is 9.97 Å². The molecule has 2 unspecified atom stereocenters. The number of nitrogen functional groups attached to an aromatic ring is 1. The Bertz CT molecular complexity index is 717. The van der Waals surface area contributed by atoms with Crippen LogP contribution in [0.25, 0.3) is 0 Å². The molecule has 4 heterocycles. The third-order valence-corrected chi connectivity index (χ3v) is 6.22. The van der Waals surface area contributed by atoms with Crippen LogP contribution < -0.4 is 21.3 Å². The zero-order valence-electron chi connectivity index (χ0n) is 14.5. The molecule has 4 rings (SSSR count). The first-order chi connectivity index (χ1) is 12.2. The Hall–Kier alpha value is -1.86. The number of anilines is 3. The average molecular weight is 359 g/mol. The molecule has 6 nitrogen and oxygen atoms in total. The van der Waals surface area contributed by atoms with Gasteiger partial charge in [0, 0.05) is 44.3 Å². The lowest BCUT2D eigenvalue weighted by molar-refractivity contribution is 0.497. The molecule has 0 amide bonds. The Morgan fingerprint density at radius 3 is 2.60 bits per heavy atom. The van der Waals surface area contributed by atoms with Gasteiger partial charge in [0.15, 0.2) is 0 Å². The van der Waals surface area contributed by atoms with Crippen molar-refractivity contribution in [2.45, 2.75) is 37.6 Å². The summed E-state index contributed by atoms with van der Waals surface area (Å²) < 4.78 is 0. The van der Waals surface area contributed by atoms with Gasteiger partial charge in [0.1, 0.15) is 5.00 Å². The number of nitrogens with two attached hydrogens (primary N) is 2. The Kier molecular flexibility index (Phi) is 4.76. The van der Waals surface area contributed by atoms with Gasteiger partial charge in [0.05, 0.1) is 28.8 Å². The summed E-state index contributed by atoms with van der Waals surface area (Å²) in [6.07, 6.45) is 10.3. The number of thiazole rings is 1. The molecule has 2 aromatic rings. The molecule has 2 fully saturated rings. The van der Waals surface area contributed by atoms with E-state index in [4.69, 9.17) is 11.5 Å². The highest BCUT2D eigenvalue weighted by Gasteiger charge is 2.27. The van der Waals surface area contributed by atoms with Crippen LogP contribution in [0.2, 0.25) is 0 Å². The van der Waals surface area contributed by atoms with Crippen molar-refractivity contribution < 1.29 is 0 Å². The second-order valence-corrected chi connectivity index (χ2v) is 8.19. The smallest absolute Gasteiger partial charge is 0.106 e. The van der Waals surface area contributed by atoms with Gasteiger partial charge in [-0.1, -0.05) is 0 Å². The predicted octanol–water partition coefficient (Wildman–Crippen LogP) is 2.43. The first kappa shape index (κ1) is 16.6. The fourth-order valence-electron chi connectivity index (χ4n) is 4.01. The zero-order valence-corrected chi connectivity index (χ0v) is 15.3. The molecule has 0 bridgehead atoms. The van der Waals surface area contributed by atoms with Crippen molar-refractivity contribution in [2.75, 3.05) is 41.7 Å². The van der Waals surface area contributed by atoms with Crippen LogP contribution in [0.5, 0.6) is 0 Å². The predicted molar refractivity (Wildman–Crippen MR) is 104 cm³/mol. The molecule has 0 aromatic carbocycles. The van der Waals surface area contributed by atoms with Crippen LogP contribution in [0, 0.1) is 0 Å². The van der Waals surface area contributed by atoms with Crippen LogP contribution in [-0.2, 0) is 0 Å². The molecule has 7 heteroatoms. The minimum absolute atomic E-state index is 0.266. The molecule has 0 spiro atoms. The maximum absolute atomic E-state index is 6.20. The van der Waals surface area contributed by atoms with Crippen LogP contribution >= 0.6 is 11.3 Å². The van der Waals surface area contributed by atoms with Gasteiger partial charge in [0.25, 0.3) is 0 Å². The lowest BCUT2D eigenvalue weighted by atomic mass is 9.98. The Morgan fingerprint density at radius 2 is 1.84 bits per heavy atom. The van der Waals surface area contributed by atoms with Gasteiger partial charge >= 0.3 is 0 Å². The van der Waals surface area contributed by atoms with Gasteiger partial charge in [-0.15, -0.1) is 11.3 Å². The van der Waals surface area contributed by atoms with Crippen molar-refractivity contribution in [1.29, 1.82) is 0 Å². The number of pyridine rings is 1. The molecule has 134 valence electrons. The first-order valence-corrected chi connectivity index (χ1v) is 9.93. The van der Waals surface area contributed by atoms with Crippen LogP contribution in [0.1, 0.15) is 36.6 Å². The van der Waals surface area contributed by atoms with E-state index in [0.29, 0.717) is 5.92 Å². The third-order valence-electron chi connectivity index (χ3n) is 5.23. The highest BCUT2D eigenvalue weighted by molar-refractivity contribution is 7.15. The molecule has 2 saturated heterocycles. The molecule has 0 aliphatic carbocycles. The molecule has 2 aliphatic rings. The minimum Gasteiger partial charge on any atom is -0.389 e. The lowest BCUT2D eigenvalue weighted by Crippen LogP contribution is -2.44. The van der Waals surface area contributed by atoms with E-state index in [2.05, 4.69) is 25.8 Å². The Balaban J connectivity index is 1.56. The fraction of sp³-hybridized carbons (Fsp3) is 0.556. The number of rotatable bonds is 3. The molecular formula is C18H26N6S. The summed E-state index contributed by atoms with van der Waals surface area (Å²) in [6, 6.07) is 2.40. The molecule has 2 atom stereocenters. The monoisotopic (exact) mass is 358 g/mol. The van der Waals surface area contributed by atoms with Crippen molar-refractivity contribution in [3.8, 4) is 0 Å². The standard InChI is InChI=1S/C18H26N6S/c19-14-4-2-8-24(12-14)15-5-6-21-9-16(15)23-7-1-3-13(11-23)18-22-10-17(20)25-18/h5-6,9-10,13-14H,1-4,7-8,11-12,19-20H2. The molecule has 0 radical (unpaired) electrons. The zero-order chi connectivity index (χ0) is 17.2. The van der Waals surface area contributed by atoms with E-state index in [1.165, 1.54) is 17.8 Å². The summed E-state index contributed by atoms with van der Waals surface area (Å²) in [5.74, 6) is 0.452. The summed E-state index contributed by atoms with van der Waals surface area (Å²) in [4.78, 5) is 13.8. The van der Waals surface area contributed by atoms with E-state index >= 15 is 0 Å². The van der Waals surface area contributed by atoms with E-state index in [0.717, 1.165) is 55.5 Å². The van der Waals surface area contributed by atoms with Gasteiger partial charge in [-0.2, -0.15) is 0 Å². The maximum atomic E-state index is 6.20. The molecular weight excluding hydrogens is 332 g/mol. The van der Waals surface area contributed by atoms with Crippen molar-refractivity contribution in [2.24, 2.45) is 5.73 Å². The Morgan fingerprint density at radius 1 is 1.04 bits per heavy atom. The first-order valence-electron chi connectivity index (χ1n) is 9.11. The minimum atomic E-state index is 0.266. The summed E-state index contributed by atoms with van der Waals surface area (Å²) in [5, 5.41) is 1.96. The van der Waals surface area contributed by atoms with Gasteiger partial charge < -0.3 is 21.3 Å². The molecule has 0 saturated carbocycles. The van der Waals surface area contributed by atoms with Crippen LogP contribution in [0.15, 0.2) is 24.7 Å². The summed E-state index contributed by atoms with van der Waals surface area (Å²) >= 11 is 1.62. The molecule has 2 aliphatic heterocycles. The molecule has 25 heavy (non-hydrogen) atoms. The SMILES string of the molecule is Nc1cnc(C2CCCN(c3cnccc3N3CCCC(N)C3)C2)s1. The number of hydrogen-bond donors (Lipinski definition) is 2. The van der Waals surface area contributed by atoms with Gasteiger partial charge in [-0.05, 0) is 31.7 Å². The normalized spacial score (nSPS) is 24.5. The highest BCUT2D eigenvalue weighted by Crippen LogP contribution is 2.36. The van der Waals surface area contributed by atoms with Crippen molar-refractivity contribution in [3.63, 3.8) is 0 Å². The lowest BCUT2D eigenvalue weighted by Gasteiger charge is -2.38. The molecule has 4 N–H and O–H groups in total. The third kappa shape index (κ3) is 3.57. The average Bonchev–Trinajstić information content (AvgIpc) is 3.08. The van der Waals surface area contributed by atoms with E-state index in [-0.39, 0.29) is 6.04 Å². The van der Waals surface area contributed by atoms with Gasteiger partial charge in [0.2, 0.25) is 0 Å². The number of piperidine rings is 2. The van der Waals surface area contributed by atoms with E-state index in [1.807, 2.05) is 12.4 Å². The van der Waals surface area contributed by atoms with E-state index in [9.17, 15) is 0 Å². The second-order valence-electron chi connectivity index (χ2n) is 7.10. The second kappa shape index (κ2) is 7.17. The fourth-order valence-corrected chi connectivity index (χ4v) is 4.82. The van der Waals surface area contributed by atoms with Crippen LogP contribution in [-0.4, -0.2) is 42.2 Å². The van der Waals surface area contributed by atoms with Crippen molar-refractivity contribution in [3.05, 3.63) is 29.7 Å². The number of hydrogen-bond acceptors (Lipinski definition) is 7. The highest BCUT2D eigenvalue weighted by atomic mass is 32.1. The van der Waals surface area contributed by atoms with E-state index in [1.54, 1.807) is 17.5 Å². The summed E-state index contributed by atoms with van der Waals surface area (Å²) in [5.41, 5.74) is 14.6. The van der Waals surface area contributed by atoms with Crippen LogP contribution in [0.4, 0.5) is 16.4 Å². The summed E-state index contributed by atoms with van der Waals surface area (Å²) in [6.45, 7) is 4.05. The topological polar surface area (TPSA) is 84.3 Å². The Labute approximate surface area is 152 Å². The van der Waals surface area contributed by atoms with Crippen molar-refractivity contribution >= 4 is 27.7 Å². The van der Waals surface area contributed by atoms with Crippen LogP contribution in [0.3, 0.4) is 0 Å². The van der Waals surface area contributed by atoms with Gasteiger partial charge in [-0.3, -0.25) is 4.98 Å². The maximum Gasteiger partial charge on any atom is 0.106 e. The summed E-state index contributed by atoms with van der Waals surface area (Å²) in [7, 11) is 0. The number of aromatic nitrogens is 2. The molecule has 2 aromatic heterocycles. The van der Waals surface area contributed by atoms with E-state index < -0.39 is 0 Å². The van der Waals surface area contributed by atoms with Gasteiger partial charge in [-0.25, -0.2) is 4.98 Å². The quantitative estimate of drug-likeness (QED) is 0.877. The number of nitrogens with zero attached hydrogens (tertiary/aromatic N) is 4.